The topological polar surface area (TPSA) is 23.5 Å². The Kier molecular flexibility index (Phi) is 4.39. The van der Waals surface area contributed by atoms with E-state index in [2.05, 4.69) is 4.90 Å². The van der Waals surface area contributed by atoms with Gasteiger partial charge in [0.15, 0.2) is 0 Å². The Morgan fingerprint density at radius 3 is 2.09 bits per heavy atom. The van der Waals surface area contributed by atoms with E-state index in [0.717, 1.165) is 30.8 Å². The lowest BCUT2D eigenvalue weighted by Gasteiger charge is -2.41. The number of hydrogen-bond donors (Lipinski definition) is 1. The third kappa shape index (κ3) is 3.45. The fraction of sp³-hybridized carbons (Fsp3) is 0.333. The molecule has 2 aromatic carbocycles. The van der Waals surface area contributed by atoms with Gasteiger partial charge in [0.25, 0.3) is 0 Å². The van der Waals surface area contributed by atoms with Crippen molar-refractivity contribution in [3.63, 3.8) is 0 Å². The van der Waals surface area contributed by atoms with Crippen molar-refractivity contribution in [2.45, 2.75) is 18.9 Å². The van der Waals surface area contributed by atoms with Crippen molar-refractivity contribution in [1.82, 2.24) is 0 Å². The van der Waals surface area contributed by atoms with Crippen LogP contribution in [0.2, 0.25) is 0 Å². The van der Waals surface area contributed by atoms with Gasteiger partial charge < -0.3 is 10.0 Å². The van der Waals surface area contributed by atoms with Crippen LogP contribution in [0.3, 0.4) is 0 Å². The SMILES string of the molecule is OC(CCC1CN(c2ccc(F)cc2)C1)c1ccc(F)cc1. The van der Waals surface area contributed by atoms with E-state index in [4.69, 9.17) is 0 Å². The second-order valence-corrected chi connectivity index (χ2v) is 5.89. The van der Waals surface area contributed by atoms with Gasteiger partial charge in [0.2, 0.25) is 0 Å². The average molecular weight is 303 g/mol. The zero-order valence-corrected chi connectivity index (χ0v) is 12.3. The third-order valence-electron chi connectivity index (χ3n) is 4.25. The zero-order chi connectivity index (χ0) is 15.5. The van der Waals surface area contributed by atoms with E-state index in [1.807, 2.05) is 0 Å². The summed E-state index contributed by atoms with van der Waals surface area (Å²) in [6.45, 7) is 1.86. The van der Waals surface area contributed by atoms with E-state index in [1.54, 1.807) is 24.3 Å². The molecule has 0 saturated carbocycles. The molecule has 0 amide bonds. The van der Waals surface area contributed by atoms with Crippen LogP contribution in [0.1, 0.15) is 24.5 Å². The first kappa shape index (κ1) is 15.0. The van der Waals surface area contributed by atoms with Crippen LogP contribution in [0, 0.1) is 17.6 Å². The van der Waals surface area contributed by atoms with Gasteiger partial charge in [-0.25, -0.2) is 8.78 Å². The largest absolute Gasteiger partial charge is 0.388 e. The molecule has 1 N–H and O–H groups in total. The number of rotatable bonds is 5. The normalized spacial score (nSPS) is 16.4. The van der Waals surface area contributed by atoms with Crippen molar-refractivity contribution in [2.24, 2.45) is 5.92 Å². The molecule has 1 saturated heterocycles. The Morgan fingerprint density at radius 2 is 1.50 bits per heavy atom. The highest BCUT2D eigenvalue weighted by Crippen LogP contribution is 2.30. The number of aliphatic hydroxyl groups excluding tert-OH is 1. The minimum absolute atomic E-state index is 0.219. The van der Waals surface area contributed by atoms with Gasteiger partial charge in [-0.3, -0.25) is 0 Å². The van der Waals surface area contributed by atoms with E-state index < -0.39 is 6.10 Å². The lowest BCUT2D eigenvalue weighted by Crippen LogP contribution is -2.46. The predicted molar refractivity (Wildman–Crippen MR) is 82.7 cm³/mol. The standard InChI is InChI=1S/C18H19F2NO/c19-15-4-2-14(3-5-15)18(22)10-1-13-11-21(12-13)17-8-6-16(20)7-9-17/h2-9,13,18,22H,1,10-12H2. The molecule has 22 heavy (non-hydrogen) atoms. The van der Waals surface area contributed by atoms with Crippen LogP contribution in [0.25, 0.3) is 0 Å². The Morgan fingerprint density at radius 1 is 0.955 bits per heavy atom. The van der Waals surface area contributed by atoms with Gasteiger partial charge in [-0.1, -0.05) is 12.1 Å². The van der Waals surface area contributed by atoms with Crippen LogP contribution in [-0.2, 0) is 0 Å². The van der Waals surface area contributed by atoms with Gasteiger partial charge in [-0.2, -0.15) is 0 Å². The number of benzene rings is 2. The van der Waals surface area contributed by atoms with Gasteiger partial charge in [-0.15, -0.1) is 0 Å². The lowest BCUT2D eigenvalue weighted by molar-refractivity contribution is 0.153. The quantitative estimate of drug-likeness (QED) is 0.905. The molecule has 1 aliphatic rings. The Balaban J connectivity index is 1.44. The number of aliphatic hydroxyl groups is 1. The maximum atomic E-state index is 12.9. The van der Waals surface area contributed by atoms with Crippen LogP contribution in [0.5, 0.6) is 0 Å². The van der Waals surface area contributed by atoms with Gasteiger partial charge >= 0.3 is 0 Å². The number of hydrogen-bond acceptors (Lipinski definition) is 2. The summed E-state index contributed by atoms with van der Waals surface area (Å²) in [6, 6.07) is 12.5. The first-order chi connectivity index (χ1) is 10.6. The second kappa shape index (κ2) is 6.44. The highest BCUT2D eigenvalue weighted by Gasteiger charge is 2.27. The van der Waals surface area contributed by atoms with Crippen molar-refractivity contribution >= 4 is 5.69 Å². The number of halogens is 2. The van der Waals surface area contributed by atoms with Crippen molar-refractivity contribution in [3.8, 4) is 0 Å². The molecule has 1 aliphatic heterocycles. The van der Waals surface area contributed by atoms with Crippen LogP contribution < -0.4 is 4.90 Å². The molecule has 0 radical (unpaired) electrons. The van der Waals surface area contributed by atoms with Crippen molar-refractivity contribution < 1.29 is 13.9 Å². The Labute approximate surface area is 129 Å². The van der Waals surface area contributed by atoms with Crippen LogP contribution in [0.4, 0.5) is 14.5 Å². The summed E-state index contributed by atoms with van der Waals surface area (Å²) in [6.07, 6.45) is 1.06. The summed E-state index contributed by atoms with van der Waals surface area (Å²) < 4.78 is 25.7. The lowest BCUT2D eigenvalue weighted by atomic mass is 9.91. The highest BCUT2D eigenvalue weighted by atomic mass is 19.1. The van der Waals surface area contributed by atoms with Crippen molar-refractivity contribution in [1.29, 1.82) is 0 Å². The molecule has 1 unspecified atom stereocenters. The molecule has 116 valence electrons. The summed E-state index contributed by atoms with van der Waals surface area (Å²) in [5.74, 6) is 0.0354. The molecule has 1 fully saturated rings. The Bertz CT molecular complexity index is 606. The fourth-order valence-electron chi connectivity index (χ4n) is 2.86. The van der Waals surface area contributed by atoms with Crippen molar-refractivity contribution in [3.05, 3.63) is 65.7 Å². The van der Waals surface area contributed by atoms with Gasteiger partial charge in [0.05, 0.1) is 6.10 Å². The number of nitrogens with zero attached hydrogens (tertiary/aromatic N) is 1. The smallest absolute Gasteiger partial charge is 0.123 e. The van der Waals surface area contributed by atoms with Crippen LogP contribution in [-0.4, -0.2) is 18.2 Å². The maximum absolute atomic E-state index is 12.9. The molecule has 1 atom stereocenters. The molecule has 1 heterocycles. The molecule has 0 bridgehead atoms. The molecule has 0 aromatic heterocycles. The summed E-state index contributed by atoms with van der Waals surface area (Å²) >= 11 is 0. The third-order valence-corrected chi connectivity index (χ3v) is 4.25. The molecule has 0 spiro atoms. The summed E-state index contributed by atoms with van der Waals surface area (Å²) in [5.41, 5.74) is 1.80. The summed E-state index contributed by atoms with van der Waals surface area (Å²) in [4.78, 5) is 2.20. The maximum Gasteiger partial charge on any atom is 0.123 e. The fourth-order valence-corrected chi connectivity index (χ4v) is 2.86. The second-order valence-electron chi connectivity index (χ2n) is 5.89. The summed E-state index contributed by atoms with van der Waals surface area (Å²) in [7, 11) is 0. The minimum atomic E-state index is -0.541. The van der Waals surface area contributed by atoms with Gasteiger partial charge in [0, 0.05) is 18.8 Å². The molecule has 2 nitrogen and oxygen atoms in total. The first-order valence-corrected chi connectivity index (χ1v) is 7.56. The monoisotopic (exact) mass is 303 g/mol. The van der Waals surface area contributed by atoms with Crippen LogP contribution in [0.15, 0.2) is 48.5 Å². The average Bonchev–Trinajstić information content (AvgIpc) is 2.48. The van der Waals surface area contributed by atoms with E-state index in [0.29, 0.717) is 12.3 Å². The molecule has 4 heteroatoms. The summed E-state index contributed by atoms with van der Waals surface area (Å²) in [5, 5.41) is 10.1. The molecule has 2 aromatic rings. The number of anilines is 1. The Hall–Kier alpha value is -1.94. The first-order valence-electron chi connectivity index (χ1n) is 7.56. The zero-order valence-electron chi connectivity index (χ0n) is 12.3. The van der Waals surface area contributed by atoms with Gasteiger partial charge in [0.1, 0.15) is 11.6 Å². The van der Waals surface area contributed by atoms with E-state index in [1.165, 1.54) is 24.3 Å². The molecular weight excluding hydrogens is 284 g/mol. The molecular formula is C18H19F2NO. The minimum Gasteiger partial charge on any atom is -0.388 e. The molecule has 0 aliphatic carbocycles. The van der Waals surface area contributed by atoms with Gasteiger partial charge in [-0.05, 0) is 60.7 Å². The van der Waals surface area contributed by atoms with Crippen molar-refractivity contribution in [2.75, 3.05) is 18.0 Å². The van der Waals surface area contributed by atoms with E-state index in [9.17, 15) is 13.9 Å². The molecule has 3 rings (SSSR count). The van der Waals surface area contributed by atoms with E-state index >= 15 is 0 Å². The highest BCUT2D eigenvalue weighted by molar-refractivity contribution is 5.48. The van der Waals surface area contributed by atoms with Crippen LogP contribution >= 0.6 is 0 Å². The van der Waals surface area contributed by atoms with E-state index in [-0.39, 0.29) is 11.6 Å². The predicted octanol–water partition coefficient (Wildman–Crippen LogP) is 3.91.